The van der Waals surface area contributed by atoms with Gasteiger partial charge in [0.2, 0.25) is 29.5 Å². The highest BCUT2D eigenvalue weighted by Crippen LogP contribution is 2.08. The van der Waals surface area contributed by atoms with Crippen LogP contribution in [-0.4, -0.2) is 134 Å². The average molecular weight is 775 g/mol. The molecule has 6 atom stereocenters. The number of aldehydes is 1. The summed E-state index contributed by atoms with van der Waals surface area (Å²) in [6.45, 7) is -0.678. The predicted octanol–water partition coefficient (Wildman–Crippen LogP) is -4.24. The highest BCUT2D eigenvalue weighted by atomic mass is 16.3. The molecule has 0 bridgehead atoms. The molecule has 0 aliphatic carbocycles. The molecular weight excluding hydrogens is 732 g/mol. The van der Waals surface area contributed by atoms with Crippen molar-refractivity contribution in [3.63, 3.8) is 0 Å². The third-order valence-electron chi connectivity index (χ3n) is 8.47. The summed E-state index contributed by atoms with van der Waals surface area (Å²) >= 11 is 0. The number of imidazole rings is 5. The molecule has 0 spiro atoms. The van der Waals surface area contributed by atoms with E-state index >= 15 is 0 Å². The van der Waals surface area contributed by atoms with Crippen LogP contribution in [0.15, 0.2) is 62.6 Å². The van der Waals surface area contributed by atoms with Crippen LogP contribution in [0.4, 0.5) is 0 Å². The van der Waals surface area contributed by atoms with Gasteiger partial charge in [0, 0.05) is 91.6 Å². The third-order valence-corrected chi connectivity index (χ3v) is 8.47. The zero-order valence-corrected chi connectivity index (χ0v) is 29.8. The van der Waals surface area contributed by atoms with Crippen molar-refractivity contribution in [1.29, 1.82) is 0 Å². The zero-order valence-electron chi connectivity index (χ0n) is 29.8. The molecule has 5 amide bonds. The Balaban J connectivity index is 1.36. The van der Waals surface area contributed by atoms with Gasteiger partial charge in [-0.3, -0.25) is 24.0 Å². The number of carbonyl (C=O) groups is 6. The van der Waals surface area contributed by atoms with Crippen molar-refractivity contribution >= 4 is 35.8 Å². The highest BCUT2D eigenvalue weighted by Gasteiger charge is 2.33. The fraction of sp³-hybridized carbons (Fsp3) is 0.364. The second-order valence-corrected chi connectivity index (χ2v) is 12.7. The molecular formula is C33H42N16O7. The lowest BCUT2D eigenvalue weighted by Gasteiger charge is -2.27. The van der Waals surface area contributed by atoms with E-state index < -0.39 is 72.4 Å². The Morgan fingerprint density at radius 2 is 0.804 bits per heavy atom. The van der Waals surface area contributed by atoms with E-state index in [9.17, 15) is 33.9 Å². The van der Waals surface area contributed by atoms with Gasteiger partial charge in [-0.2, -0.15) is 0 Å². The molecule has 296 valence electrons. The second-order valence-electron chi connectivity index (χ2n) is 12.7. The molecule has 0 saturated carbocycles. The Hall–Kier alpha value is -7.01. The normalized spacial score (nSPS) is 14.3. The molecule has 0 aromatic carbocycles. The lowest BCUT2D eigenvalue weighted by Crippen LogP contribution is -2.60. The van der Waals surface area contributed by atoms with Gasteiger partial charge in [0.25, 0.3) is 0 Å². The number of aromatic nitrogens is 10. The Morgan fingerprint density at radius 3 is 1.07 bits per heavy atom. The molecule has 5 aromatic rings. The largest absolute Gasteiger partial charge is 0.394 e. The standard InChI is InChI=1S/C33H42N16O7/c34-24(12-51)29(52)46-26(3-20-8-37-15-42-20)31(54)48-28(5-22-10-39-17-44-22)33(56)49-27(4-21-9-38-16-43-21)32(55)47-25(2-19-7-36-14-41-19)30(53)45-23(11-50)1-18-6-35-13-40-18/h6-11,13-17,23-28,51H,1-5,12,34H2,(H,35,40)(H,36,41)(H,37,42)(H,38,43)(H,39,44)(H,45,53)(H,46,52)(H,47,55)(H,48,54)(H,49,56)/t23-,24-,25-,26-,27-,28-/m0/s1. The van der Waals surface area contributed by atoms with Crippen molar-refractivity contribution in [2.75, 3.05) is 6.61 Å². The van der Waals surface area contributed by atoms with Gasteiger partial charge in [0.1, 0.15) is 36.5 Å². The summed E-state index contributed by atoms with van der Waals surface area (Å²) in [7, 11) is 0. The van der Waals surface area contributed by atoms with E-state index in [0.29, 0.717) is 34.8 Å². The maximum Gasteiger partial charge on any atom is 0.243 e. The fourth-order valence-electron chi connectivity index (χ4n) is 5.53. The Labute approximate surface area is 317 Å². The van der Waals surface area contributed by atoms with Crippen molar-refractivity contribution in [2.24, 2.45) is 5.73 Å². The van der Waals surface area contributed by atoms with E-state index in [2.05, 4.69) is 76.4 Å². The fourth-order valence-corrected chi connectivity index (χ4v) is 5.53. The maximum atomic E-state index is 14.1. The van der Waals surface area contributed by atoms with Crippen LogP contribution < -0.4 is 32.3 Å². The van der Waals surface area contributed by atoms with Gasteiger partial charge >= 0.3 is 0 Å². The highest BCUT2D eigenvalue weighted by molar-refractivity contribution is 5.96. The molecule has 23 nitrogen and oxygen atoms in total. The van der Waals surface area contributed by atoms with E-state index in [4.69, 9.17) is 5.73 Å². The van der Waals surface area contributed by atoms with Gasteiger partial charge in [0.15, 0.2) is 0 Å². The van der Waals surface area contributed by atoms with Crippen LogP contribution in [0.1, 0.15) is 28.5 Å². The van der Waals surface area contributed by atoms with Crippen LogP contribution in [0, 0.1) is 0 Å². The van der Waals surface area contributed by atoms with Gasteiger partial charge in [0.05, 0.1) is 44.3 Å². The number of nitrogens with two attached hydrogens (primary N) is 1. The molecule has 5 heterocycles. The Bertz CT molecular complexity index is 1970. The first-order chi connectivity index (χ1) is 27.1. The molecule has 0 aliphatic heterocycles. The van der Waals surface area contributed by atoms with E-state index in [1.165, 1.54) is 62.6 Å². The molecule has 0 saturated heterocycles. The summed E-state index contributed by atoms with van der Waals surface area (Å²) in [5.41, 5.74) is 8.16. The first kappa shape index (κ1) is 40.2. The summed E-state index contributed by atoms with van der Waals surface area (Å²) in [5.74, 6) is -3.87. The minimum Gasteiger partial charge on any atom is -0.394 e. The molecule has 5 rings (SSSR count). The molecule has 56 heavy (non-hydrogen) atoms. The molecule has 0 fully saturated rings. The summed E-state index contributed by atoms with van der Waals surface area (Å²) < 4.78 is 0. The molecule has 23 heteroatoms. The first-order valence-electron chi connectivity index (χ1n) is 17.3. The van der Waals surface area contributed by atoms with Gasteiger partial charge in [-0.1, -0.05) is 0 Å². The lowest BCUT2D eigenvalue weighted by atomic mass is 10.0. The van der Waals surface area contributed by atoms with Gasteiger partial charge < -0.3 is 67.1 Å². The molecule has 0 unspecified atom stereocenters. The van der Waals surface area contributed by atoms with Gasteiger partial charge in [-0.15, -0.1) is 0 Å². The smallest absolute Gasteiger partial charge is 0.243 e. The van der Waals surface area contributed by atoms with Crippen molar-refractivity contribution < 1.29 is 33.9 Å². The van der Waals surface area contributed by atoms with E-state index in [0.717, 1.165) is 0 Å². The second kappa shape index (κ2) is 19.9. The number of hydrogen-bond acceptors (Lipinski definition) is 13. The van der Waals surface area contributed by atoms with E-state index in [1.807, 2.05) is 0 Å². The van der Waals surface area contributed by atoms with Crippen LogP contribution in [0.25, 0.3) is 0 Å². The quantitative estimate of drug-likeness (QED) is 0.0297. The van der Waals surface area contributed by atoms with Crippen molar-refractivity contribution in [3.8, 4) is 0 Å². The van der Waals surface area contributed by atoms with E-state index in [1.54, 1.807) is 0 Å². The number of hydrogen-bond donors (Lipinski definition) is 12. The summed E-state index contributed by atoms with van der Waals surface area (Å²) in [6, 6.07) is -7.47. The van der Waals surface area contributed by atoms with Crippen LogP contribution >= 0.6 is 0 Å². The SMILES string of the molecule is N[C@@H](CO)C(=O)N[C@@H](Cc1cnc[nH]1)C(=O)N[C@@H](Cc1cnc[nH]1)C(=O)N[C@@H](Cc1cnc[nH]1)C(=O)N[C@@H](Cc1cnc[nH]1)C(=O)N[C@H](C=O)Cc1cnc[nH]1. The Morgan fingerprint density at radius 1 is 0.518 bits per heavy atom. The number of aliphatic hydroxyl groups is 1. The number of H-pyrrole nitrogens is 5. The average Bonchev–Trinajstić information content (AvgIpc) is 4.04. The van der Waals surface area contributed by atoms with Crippen molar-refractivity contribution in [3.05, 3.63) is 91.1 Å². The van der Waals surface area contributed by atoms with Crippen LogP contribution in [0.5, 0.6) is 0 Å². The monoisotopic (exact) mass is 774 g/mol. The summed E-state index contributed by atoms with van der Waals surface area (Å²) in [4.78, 5) is 114. The minimum atomic E-state index is -1.34. The molecule has 0 aliphatic rings. The van der Waals surface area contributed by atoms with Crippen LogP contribution in [0.3, 0.4) is 0 Å². The number of nitrogens with one attached hydrogen (secondary N) is 10. The third kappa shape index (κ3) is 11.7. The van der Waals surface area contributed by atoms with E-state index in [-0.39, 0.29) is 32.1 Å². The minimum absolute atomic E-state index is 0.0557. The summed E-state index contributed by atoms with van der Waals surface area (Å²) in [6.07, 6.45) is 14.6. The number of aromatic amines is 5. The predicted molar refractivity (Wildman–Crippen MR) is 192 cm³/mol. The van der Waals surface area contributed by atoms with Gasteiger partial charge in [-0.25, -0.2) is 24.9 Å². The number of nitrogens with zero attached hydrogens (tertiary/aromatic N) is 5. The number of amides is 5. The molecule has 0 radical (unpaired) electrons. The lowest BCUT2D eigenvalue weighted by molar-refractivity contribution is -0.135. The zero-order chi connectivity index (χ0) is 39.9. The topological polar surface area (TPSA) is 352 Å². The maximum absolute atomic E-state index is 14.1. The van der Waals surface area contributed by atoms with Gasteiger partial charge in [-0.05, 0) is 0 Å². The number of rotatable bonds is 22. The van der Waals surface area contributed by atoms with Crippen LogP contribution in [0.2, 0.25) is 0 Å². The molecule has 5 aromatic heterocycles. The van der Waals surface area contributed by atoms with Crippen molar-refractivity contribution in [1.82, 2.24) is 76.4 Å². The van der Waals surface area contributed by atoms with Crippen LogP contribution in [-0.2, 0) is 60.9 Å². The number of aliphatic hydroxyl groups excluding tert-OH is 1. The molecule has 13 N–H and O–H groups in total. The van der Waals surface area contributed by atoms with Crippen molar-refractivity contribution in [2.45, 2.75) is 68.4 Å². The summed E-state index contributed by atoms with van der Waals surface area (Å²) in [5, 5.41) is 22.6. The Kier molecular flexibility index (Phi) is 14.3. The number of carbonyl (C=O) groups excluding carboxylic acids is 6. The first-order valence-corrected chi connectivity index (χ1v) is 17.3.